The number of carbonyl (C=O) groups is 2. The first-order valence-corrected chi connectivity index (χ1v) is 9.84. The zero-order valence-corrected chi connectivity index (χ0v) is 16.2. The number of aromatic nitrogens is 1. The number of hydrogen-bond acceptors (Lipinski definition) is 6. The molecule has 29 heavy (non-hydrogen) atoms. The van der Waals surface area contributed by atoms with Gasteiger partial charge in [0.25, 0.3) is 0 Å². The number of primary amides is 1. The van der Waals surface area contributed by atoms with Crippen molar-refractivity contribution in [3.8, 4) is 5.75 Å². The van der Waals surface area contributed by atoms with E-state index in [1.807, 2.05) is 0 Å². The molecule has 0 spiro atoms. The van der Waals surface area contributed by atoms with Crippen molar-refractivity contribution in [2.24, 2.45) is 11.1 Å². The zero-order valence-electron chi connectivity index (χ0n) is 15.4. The summed E-state index contributed by atoms with van der Waals surface area (Å²) in [4.78, 5) is 27.8. The summed E-state index contributed by atoms with van der Waals surface area (Å²) < 4.78 is 46.4. The van der Waals surface area contributed by atoms with Crippen molar-refractivity contribution >= 4 is 38.7 Å². The molecule has 1 aromatic carbocycles. The van der Waals surface area contributed by atoms with E-state index < -0.39 is 17.9 Å². The van der Waals surface area contributed by atoms with Gasteiger partial charge in [0.1, 0.15) is 5.75 Å². The number of hydrogen-bond donors (Lipinski definition) is 2. The second-order valence-corrected chi connectivity index (χ2v) is 8.12. The van der Waals surface area contributed by atoms with E-state index >= 15 is 0 Å². The Balaban J connectivity index is 1.68. The van der Waals surface area contributed by atoms with E-state index in [9.17, 15) is 22.8 Å². The quantitative estimate of drug-likeness (QED) is 0.697. The first kappa shape index (κ1) is 21.2. The number of thiazole rings is 1. The van der Waals surface area contributed by atoms with Gasteiger partial charge in [-0.15, -0.1) is 13.2 Å². The number of rotatable bonds is 6. The Hall–Kier alpha value is -2.56. The highest BCUT2D eigenvalue weighted by Crippen LogP contribution is 2.40. The first-order valence-electron chi connectivity index (χ1n) is 9.03. The number of nitrogens with zero attached hydrogens (tertiary/aromatic N) is 1. The van der Waals surface area contributed by atoms with Crippen LogP contribution >= 0.6 is 11.3 Å². The van der Waals surface area contributed by atoms with Gasteiger partial charge in [0.05, 0.1) is 16.8 Å². The summed E-state index contributed by atoms with van der Waals surface area (Å²) in [6.45, 7) is 0.0771. The minimum atomic E-state index is -4.78. The topological polar surface area (TPSA) is 104 Å². The summed E-state index contributed by atoms with van der Waals surface area (Å²) >= 11 is 1.05. The molecule has 11 heteroatoms. The molecule has 158 valence electrons. The van der Waals surface area contributed by atoms with Gasteiger partial charge >= 0.3 is 12.5 Å². The van der Waals surface area contributed by atoms with Crippen LogP contribution in [0.15, 0.2) is 18.2 Å². The Labute approximate surface area is 168 Å². The predicted molar refractivity (Wildman–Crippen MR) is 101 cm³/mol. The summed E-state index contributed by atoms with van der Waals surface area (Å²) in [5.74, 6) is -0.651. The van der Waals surface area contributed by atoms with Gasteiger partial charge in [-0.25, -0.2) is 9.78 Å². The van der Waals surface area contributed by atoms with E-state index in [4.69, 9.17) is 10.5 Å². The molecule has 3 rings (SSSR count). The third kappa shape index (κ3) is 5.96. The number of anilines is 1. The van der Waals surface area contributed by atoms with Crippen molar-refractivity contribution in [3.63, 3.8) is 0 Å². The van der Waals surface area contributed by atoms with Crippen LogP contribution < -0.4 is 15.8 Å². The van der Waals surface area contributed by atoms with Gasteiger partial charge in [0.2, 0.25) is 5.91 Å². The van der Waals surface area contributed by atoms with Crippen LogP contribution in [-0.4, -0.2) is 30.0 Å². The number of benzene rings is 1. The van der Waals surface area contributed by atoms with E-state index in [-0.39, 0.29) is 29.8 Å². The molecule has 0 bridgehead atoms. The van der Waals surface area contributed by atoms with E-state index in [0.717, 1.165) is 43.4 Å². The number of nitrogens with one attached hydrogen (secondary N) is 1. The standard InChI is InChI=1S/C18H20F3N3O4S/c19-18(20,21)28-11-4-5-12-13(8-11)29-16(23-12)24-14(25)9-17(10-27-15(22)26)6-2-1-3-7-17/h4-5,8H,1-3,6-7,9-10H2,(H2,22,26)(H,23,24,25). The lowest BCUT2D eigenvalue weighted by Gasteiger charge is -2.35. The summed E-state index contributed by atoms with van der Waals surface area (Å²) in [6.07, 6.45) is -1.12. The van der Waals surface area contributed by atoms with Crippen LogP contribution in [0.1, 0.15) is 38.5 Å². The van der Waals surface area contributed by atoms with Crippen molar-refractivity contribution in [1.29, 1.82) is 0 Å². The molecule has 1 aliphatic rings. The minimum Gasteiger partial charge on any atom is -0.449 e. The maximum atomic E-state index is 12.6. The monoisotopic (exact) mass is 431 g/mol. The number of amides is 2. The fourth-order valence-corrected chi connectivity index (χ4v) is 4.47. The van der Waals surface area contributed by atoms with E-state index in [1.165, 1.54) is 18.2 Å². The Morgan fingerprint density at radius 2 is 1.97 bits per heavy atom. The first-order chi connectivity index (χ1) is 13.6. The van der Waals surface area contributed by atoms with E-state index in [2.05, 4.69) is 15.0 Å². The molecule has 1 heterocycles. The Kier molecular flexibility index (Phi) is 6.15. The largest absolute Gasteiger partial charge is 0.573 e. The lowest BCUT2D eigenvalue weighted by Crippen LogP contribution is -2.35. The molecule has 7 nitrogen and oxygen atoms in total. The summed E-state index contributed by atoms with van der Waals surface area (Å²) in [5, 5.41) is 2.97. The average molecular weight is 431 g/mol. The fraction of sp³-hybridized carbons (Fsp3) is 0.500. The Bertz CT molecular complexity index is 894. The highest BCUT2D eigenvalue weighted by molar-refractivity contribution is 7.22. The number of fused-ring (bicyclic) bond motifs is 1. The molecule has 0 saturated heterocycles. The number of alkyl halides is 3. The van der Waals surface area contributed by atoms with E-state index in [0.29, 0.717) is 10.2 Å². The Morgan fingerprint density at radius 1 is 1.24 bits per heavy atom. The molecule has 0 radical (unpaired) electrons. The SMILES string of the molecule is NC(=O)OCC1(CC(=O)Nc2nc3ccc(OC(F)(F)F)cc3s2)CCCCC1. The summed E-state index contributed by atoms with van der Waals surface area (Å²) in [5.41, 5.74) is 5.04. The van der Waals surface area contributed by atoms with Gasteiger partial charge in [-0.2, -0.15) is 0 Å². The third-order valence-corrected chi connectivity index (χ3v) is 5.74. The molecule has 2 amide bonds. The lowest BCUT2D eigenvalue weighted by atomic mass is 9.72. The molecule has 1 saturated carbocycles. The number of halogens is 3. The highest BCUT2D eigenvalue weighted by atomic mass is 32.1. The van der Waals surface area contributed by atoms with Crippen molar-refractivity contribution in [3.05, 3.63) is 18.2 Å². The molecule has 0 aliphatic heterocycles. The van der Waals surface area contributed by atoms with Crippen LogP contribution in [0.4, 0.5) is 23.1 Å². The van der Waals surface area contributed by atoms with Crippen molar-refractivity contribution in [2.75, 3.05) is 11.9 Å². The number of carbonyl (C=O) groups excluding carboxylic acids is 2. The van der Waals surface area contributed by atoms with Gasteiger partial charge in [0.15, 0.2) is 5.13 Å². The maximum absolute atomic E-state index is 12.6. The van der Waals surface area contributed by atoms with Crippen LogP contribution in [0.2, 0.25) is 0 Å². The molecule has 1 fully saturated rings. The van der Waals surface area contributed by atoms with Crippen molar-refractivity contribution < 1.29 is 32.2 Å². The molecule has 2 aromatic rings. The molecule has 1 aliphatic carbocycles. The van der Waals surface area contributed by atoms with E-state index in [1.54, 1.807) is 0 Å². The fourth-order valence-electron chi connectivity index (χ4n) is 3.56. The van der Waals surface area contributed by atoms with Gasteiger partial charge in [0, 0.05) is 17.9 Å². The lowest BCUT2D eigenvalue weighted by molar-refractivity contribution is -0.274. The molecular formula is C18H20F3N3O4S. The second kappa shape index (κ2) is 8.44. The van der Waals surface area contributed by atoms with Gasteiger partial charge in [-0.1, -0.05) is 30.6 Å². The van der Waals surface area contributed by atoms with Crippen LogP contribution in [0.5, 0.6) is 5.75 Å². The minimum absolute atomic E-state index is 0.0771. The summed E-state index contributed by atoms with van der Waals surface area (Å²) in [6, 6.07) is 3.78. The van der Waals surface area contributed by atoms with Crippen molar-refractivity contribution in [1.82, 2.24) is 4.98 Å². The number of ether oxygens (including phenoxy) is 2. The molecule has 3 N–H and O–H groups in total. The van der Waals surface area contributed by atoms with Crippen LogP contribution in [0.25, 0.3) is 10.2 Å². The molecular weight excluding hydrogens is 411 g/mol. The van der Waals surface area contributed by atoms with Gasteiger partial charge < -0.3 is 20.5 Å². The Morgan fingerprint density at radius 3 is 2.62 bits per heavy atom. The maximum Gasteiger partial charge on any atom is 0.573 e. The van der Waals surface area contributed by atoms with Crippen LogP contribution in [0, 0.1) is 5.41 Å². The zero-order chi connectivity index (χ0) is 21.1. The summed E-state index contributed by atoms with van der Waals surface area (Å²) in [7, 11) is 0. The highest BCUT2D eigenvalue weighted by Gasteiger charge is 2.36. The van der Waals surface area contributed by atoms with Gasteiger partial charge in [-0.3, -0.25) is 4.79 Å². The molecule has 0 atom stereocenters. The van der Waals surface area contributed by atoms with Crippen LogP contribution in [0.3, 0.4) is 0 Å². The third-order valence-electron chi connectivity index (χ3n) is 4.81. The smallest absolute Gasteiger partial charge is 0.449 e. The normalized spacial score (nSPS) is 16.4. The molecule has 0 unspecified atom stereocenters. The van der Waals surface area contributed by atoms with Crippen LogP contribution in [-0.2, 0) is 9.53 Å². The van der Waals surface area contributed by atoms with Gasteiger partial charge in [-0.05, 0) is 25.0 Å². The second-order valence-electron chi connectivity index (χ2n) is 7.09. The number of nitrogens with two attached hydrogens (primary N) is 1. The average Bonchev–Trinajstić information content (AvgIpc) is 3.00. The van der Waals surface area contributed by atoms with Crippen molar-refractivity contribution in [2.45, 2.75) is 44.9 Å². The predicted octanol–water partition coefficient (Wildman–Crippen LogP) is 4.57. The molecule has 1 aromatic heterocycles.